The van der Waals surface area contributed by atoms with Crippen LogP contribution in [0.2, 0.25) is 0 Å². The molecular formula is C23H30N2O5S. The van der Waals surface area contributed by atoms with Gasteiger partial charge >= 0.3 is 0 Å². The molecule has 0 saturated carbocycles. The molecule has 0 spiro atoms. The number of morpholine rings is 1. The number of amides is 1. The summed E-state index contributed by atoms with van der Waals surface area (Å²) in [5.74, 6) is 0.856. The second-order valence-electron chi connectivity index (χ2n) is 7.81. The molecule has 1 amide bonds. The lowest BCUT2D eigenvalue weighted by Gasteiger charge is -2.26. The van der Waals surface area contributed by atoms with E-state index in [2.05, 4.69) is 19.2 Å². The lowest BCUT2D eigenvalue weighted by molar-refractivity contribution is -0.116. The molecule has 2 aromatic carbocycles. The van der Waals surface area contributed by atoms with Crippen LogP contribution in [0, 0.1) is 0 Å². The Labute approximate surface area is 184 Å². The molecule has 1 aliphatic heterocycles. The third-order valence-corrected chi connectivity index (χ3v) is 7.24. The van der Waals surface area contributed by atoms with Gasteiger partial charge in [-0.05, 0) is 53.8 Å². The molecule has 1 fully saturated rings. The van der Waals surface area contributed by atoms with E-state index in [0.717, 1.165) is 5.69 Å². The normalized spacial score (nSPS) is 15.1. The summed E-state index contributed by atoms with van der Waals surface area (Å²) < 4.78 is 38.0. The zero-order valence-electron chi connectivity index (χ0n) is 18.3. The van der Waals surface area contributed by atoms with Gasteiger partial charge in [0.15, 0.2) is 0 Å². The fourth-order valence-electron chi connectivity index (χ4n) is 3.47. The molecule has 0 bridgehead atoms. The van der Waals surface area contributed by atoms with E-state index in [9.17, 15) is 13.2 Å². The van der Waals surface area contributed by atoms with E-state index in [-0.39, 0.29) is 17.2 Å². The van der Waals surface area contributed by atoms with Crippen LogP contribution in [0.4, 0.5) is 5.69 Å². The lowest BCUT2D eigenvalue weighted by Crippen LogP contribution is -2.40. The number of rotatable bonds is 8. The molecule has 7 nitrogen and oxygen atoms in total. The number of benzene rings is 2. The first-order chi connectivity index (χ1) is 14.8. The van der Waals surface area contributed by atoms with Crippen LogP contribution >= 0.6 is 0 Å². The van der Waals surface area contributed by atoms with Crippen molar-refractivity contribution >= 4 is 21.6 Å². The number of sulfonamides is 1. The Bertz CT molecular complexity index is 997. The van der Waals surface area contributed by atoms with Crippen LogP contribution in [0.3, 0.4) is 0 Å². The maximum absolute atomic E-state index is 12.9. The van der Waals surface area contributed by atoms with Crippen LogP contribution in [0.25, 0.3) is 0 Å². The summed E-state index contributed by atoms with van der Waals surface area (Å²) >= 11 is 0. The predicted octanol–water partition coefficient (Wildman–Crippen LogP) is 3.41. The Kier molecular flexibility index (Phi) is 7.69. The standard InChI is InChI=1S/C23H30N2O5S/c1-17(2)18-4-7-20(8-5-18)24-23(26)11-6-19-16-21(9-10-22(19)29-3)31(27,28)25-12-14-30-15-13-25/h4-5,7-10,16-17H,6,11-15H2,1-3H3,(H,24,26). The molecule has 0 aromatic heterocycles. The van der Waals surface area contributed by atoms with E-state index in [1.165, 1.54) is 17.0 Å². The number of carbonyl (C=O) groups is 1. The maximum Gasteiger partial charge on any atom is 0.243 e. The molecule has 0 atom stereocenters. The molecule has 1 saturated heterocycles. The highest BCUT2D eigenvalue weighted by Gasteiger charge is 2.27. The van der Waals surface area contributed by atoms with Crippen LogP contribution in [0.5, 0.6) is 5.75 Å². The van der Waals surface area contributed by atoms with Gasteiger partial charge in [-0.2, -0.15) is 4.31 Å². The van der Waals surface area contributed by atoms with Gasteiger partial charge in [-0.25, -0.2) is 8.42 Å². The first-order valence-corrected chi connectivity index (χ1v) is 11.9. The Balaban J connectivity index is 1.68. The molecule has 8 heteroatoms. The van der Waals surface area contributed by atoms with Gasteiger partial charge in [-0.3, -0.25) is 4.79 Å². The molecule has 0 radical (unpaired) electrons. The first-order valence-electron chi connectivity index (χ1n) is 10.5. The smallest absolute Gasteiger partial charge is 0.243 e. The van der Waals surface area contributed by atoms with E-state index >= 15 is 0 Å². The minimum Gasteiger partial charge on any atom is -0.496 e. The summed E-state index contributed by atoms with van der Waals surface area (Å²) in [6, 6.07) is 12.6. The van der Waals surface area contributed by atoms with Gasteiger partial charge in [0.25, 0.3) is 0 Å². The van der Waals surface area contributed by atoms with Crippen molar-refractivity contribution in [3.05, 3.63) is 53.6 Å². The Morgan fingerprint density at radius 2 is 1.81 bits per heavy atom. The Morgan fingerprint density at radius 3 is 2.42 bits per heavy atom. The summed E-state index contributed by atoms with van der Waals surface area (Å²) in [6.07, 6.45) is 0.578. The topological polar surface area (TPSA) is 84.9 Å². The van der Waals surface area contributed by atoms with Gasteiger partial charge in [0, 0.05) is 25.2 Å². The second-order valence-corrected chi connectivity index (χ2v) is 9.75. The van der Waals surface area contributed by atoms with Crippen molar-refractivity contribution in [1.29, 1.82) is 0 Å². The summed E-state index contributed by atoms with van der Waals surface area (Å²) in [5, 5.41) is 2.89. The highest BCUT2D eigenvalue weighted by Crippen LogP contribution is 2.26. The molecular weight excluding hydrogens is 416 g/mol. The van der Waals surface area contributed by atoms with E-state index in [1.807, 2.05) is 24.3 Å². The third-order valence-electron chi connectivity index (χ3n) is 5.34. The van der Waals surface area contributed by atoms with Crippen LogP contribution < -0.4 is 10.1 Å². The van der Waals surface area contributed by atoms with Gasteiger partial charge in [0.2, 0.25) is 15.9 Å². The molecule has 3 rings (SSSR count). The van der Waals surface area contributed by atoms with E-state index in [4.69, 9.17) is 9.47 Å². The van der Waals surface area contributed by atoms with Crippen molar-refractivity contribution in [2.45, 2.75) is 37.5 Å². The summed E-state index contributed by atoms with van der Waals surface area (Å²) in [4.78, 5) is 12.6. The zero-order valence-corrected chi connectivity index (χ0v) is 19.1. The third kappa shape index (κ3) is 5.84. The number of aryl methyl sites for hydroxylation is 1. The van der Waals surface area contributed by atoms with E-state index in [0.29, 0.717) is 50.0 Å². The summed E-state index contributed by atoms with van der Waals surface area (Å²) in [7, 11) is -2.08. The molecule has 0 aliphatic carbocycles. The van der Waals surface area contributed by atoms with Crippen molar-refractivity contribution in [1.82, 2.24) is 4.31 Å². The molecule has 31 heavy (non-hydrogen) atoms. The number of nitrogens with zero attached hydrogens (tertiary/aromatic N) is 1. The lowest BCUT2D eigenvalue weighted by atomic mass is 10.0. The van der Waals surface area contributed by atoms with Crippen molar-refractivity contribution in [2.24, 2.45) is 0 Å². The first kappa shape index (κ1) is 23.2. The number of hydrogen-bond acceptors (Lipinski definition) is 5. The quantitative estimate of drug-likeness (QED) is 0.672. The van der Waals surface area contributed by atoms with Crippen molar-refractivity contribution in [3.63, 3.8) is 0 Å². The number of nitrogens with one attached hydrogen (secondary N) is 1. The molecule has 2 aromatic rings. The Morgan fingerprint density at radius 1 is 1.13 bits per heavy atom. The van der Waals surface area contributed by atoms with Crippen LogP contribution in [0.15, 0.2) is 47.4 Å². The zero-order chi connectivity index (χ0) is 22.4. The number of anilines is 1. The van der Waals surface area contributed by atoms with Crippen molar-refractivity contribution in [2.75, 3.05) is 38.7 Å². The predicted molar refractivity (Wildman–Crippen MR) is 120 cm³/mol. The van der Waals surface area contributed by atoms with Gasteiger partial charge in [-0.15, -0.1) is 0 Å². The number of ether oxygens (including phenoxy) is 2. The fourth-order valence-corrected chi connectivity index (χ4v) is 4.93. The van der Waals surface area contributed by atoms with Gasteiger partial charge in [0.1, 0.15) is 5.75 Å². The van der Waals surface area contributed by atoms with Crippen LogP contribution in [-0.2, 0) is 26.0 Å². The van der Waals surface area contributed by atoms with Gasteiger partial charge in [0.05, 0.1) is 25.2 Å². The monoisotopic (exact) mass is 446 g/mol. The average molecular weight is 447 g/mol. The molecule has 1 heterocycles. The molecule has 1 aliphatic rings. The summed E-state index contributed by atoms with van der Waals surface area (Å²) in [6.45, 7) is 5.69. The molecule has 168 valence electrons. The average Bonchev–Trinajstić information content (AvgIpc) is 2.78. The number of methoxy groups -OCH3 is 1. The second kappa shape index (κ2) is 10.3. The van der Waals surface area contributed by atoms with E-state index < -0.39 is 10.0 Å². The van der Waals surface area contributed by atoms with Crippen molar-refractivity contribution in [3.8, 4) is 5.75 Å². The van der Waals surface area contributed by atoms with Gasteiger partial charge in [-0.1, -0.05) is 26.0 Å². The van der Waals surface area contributed by atoms with Crippen LogP contribution in [0.1, 0.15) is 37.3 Å². The summed E-state index contributed by atoms with van der Waals surface area (Å²) in [5.41, 5.74) is 2.63. The SMILES string of the molecule is COc1ccc(S(=O)(=O)N2CCOCC2)cc1CCC(=O)Nc1ccc(C(C)C)cc1. The molecule has 1 N–H and O–H groups in total. The minimum absolute atomic E-state index is 0.138. The van der Waals surface area contributed by atoms with Crippen molar-refractivity contribution < 1.29 is 22.7 Å². The highest BCUT2D eigenvalue weighted by molar-refractivity contribution is 7.89. The van der Waals surface area contributed by atoms with E-state index in [1.54, 1.807) is 18.2 Å². The largest absolute Gasteiger partial charge is 0.496 e. The molecule has 0 unspecified atom stereocenters. The number of carbonyl (C=O) groups excluding carboxylic acids is 1. The number of hydrogen-bond donors (Lipinski definition) is 1. The highest BCUT2D eigenvalue weighted by atomic mass is 32.2. The Hall–Kier alpha value is -2.42. The fraction of sp³-hybridized carbons (Fsp3) is 0.435. The maximum atomic E-state index is 12.9. The minimum atomic E-state index is -3.61. The van der Waals surface area contributed by atoms with Crippen LogP contribution in [-0.4, -0.2) is 52.0 Å². The van der Waals surface area contributed by atoms with Gasteiger partial charge < -0.3 is 14.8 Å².